The smallest absolute Gasteiger partial charge is 0.369 e. The molecule has 2 saturated heterocycles. The third kappa shape index (κ3) is 5.59. The number of nitrogens with zero attached hydrogens (tertiary/aromatic N) is 4. The number of halogens is 3. The van der Waals surface area contributed by atoms with E-state index in [4.69, 9.17) is 5.73 Å². The van der Waals surface area contributed by atoms with E-state index in [9.17, 15) is 22.8 Å². The van der Waals surface area contributed by atoms with Crippen LogP contribution in [0.25, 0.3) is 0 Å². The summed E-state index contributed by atoms with van der Waals surface area (Å²) in [5.74, 6) is -1.63. The molecular formula is C22H25F3N6O2. The SMILES string of the molecule is NC(=O)C1CN(Cc2ccc(Nc3cnc(N4CCC(C(F)(F)F)CC4)cn3)cc2)CC1=O. The largest absolute Gasteiger partial charge is 0.391 e. The van der Waals surface area contributed by atoms with Crippen LogP contribution < -0.4 is 16.0 Å². The van der Waals surface area contributed by atoms with Crippen molar-refractivity contribution in [2.24, 2.45) is 17.6 Å². The maximum Gasteiger partial charge on any atom is 0.391 e. The van der Waals surface area contributed by atoms with E-state index < -0.39 is 23.9 Å². The topological polar surface area (TPSA) is 104 Å². The van der Waals surface area contributed by atoms with Crippen molar-refractivity contribution >= 4 is 29.0 Å². The van der Waals surface area contributed by atoms with E-state index in [-0.39, 0.29) is 25.2 Å². The Balaban J connectivity index is 1.29. The summed E-state index contributed by atoms with van der Waals surface area (Å²) in [7, 11) is 0. The zero-order chi connectivity index (χ0) is 23.6. The van der Waals surface area contributed by atoms with Crippen LogP contribution in [0.4, 0.5) is 30.5 Å². The number of nitrogens with two attached hydrogens (primary N) is 1. The van der Waals surface area contributed by atoms with Gasteiger partial charge in [-0.15, -0.1) is 0 Å². The Morgan fingerprint density at radius 2 is 1.82 bits per heavy atom. The average Bonchev–Trinajstić information content (AvgIpc) is 3.15. The molecule has 8 nitrogen and oxygen atoms in total. The summed E-state index contributed by atoms with van der Waals surface area (Å²) in [5, 5.41) is 3.14. The van der Waals surface area contributed by atoms with Gasteiger partial charge in [-0.2, -0.15) is 13.2 Å². The van der Waals surface area contributed by atoms with Crippen LogP contribution in [0.3, 0.4) is 0 Å². The first kappa shape index (κ1) is 23.0. The van der Waals surface area contributed by atoms with Crippen molar-refractivity contribution in [2.75, 3.05) is 36.4 Å². The van der Waals surface area contributed by atoms with Gasteiger partial charge in [0.05, 0.1) is 24.9 Å². The molecule has 2 aliphatic rings. The summed E-state index contributed by atoms with van der Waals surface area (Å²) in [6, 6.07) is 7.57. The Bertz CT molecular complexity index is 989. The number of carbonyl (C=O) groups excluding carboxylic acids is 2. The first-order valence-corrected chi connectivity index (χ1v) is 10.7. The number of nitrogens with one attached hydrogen (secondary N) is 1. The summed E-state index contributed by atoms with van der Waals surface area (Å²) >= 11 is 0. The van der Waals surface area contributed by atoms with Crippen molar-refractivity contribution < 1.29 is 22.8 Å². The molecule has 4 rings (SSSR count). The number of carbonyl (C=O) groups is 2. The standard InChI is InChI=1S/C22H25F3N6O2/c23-22(24,25)15-5-7-31(8-6-15)20-10-27-19(9-28-20)29-16-3-1-14(2-4-16)11-30-12-17(21(26)33)18(32)13-30/h1-4,9-10,15,17H,5-8,11-13H2,(H2,26,33)(H,27,29). The summed E-state index contributed by atoms with van der Waals surface area (Å²) in [6.45, 7) is 1.69. The van der Waals surface area contributed by atoms with Gasteiger partial charge in [0, 0.05) is 31.9 Å². The molecule has 1 unspecified atom stereocenters. The zero-order valence-electron chi connectivity index (χ0n) is 17.9. The van der Waals surface area contributed by atoms with Gasteiger partial charge in [-0.25, -0.2) is 9.97 Å². The van der Waals surface area contributed by atoms with Crippen molar-refractivity contribution in [3.8, 4) is 0 Å². The molecule has 1 aromatic heterocycles. The van der Waals surface area contributed by atoms with E-state index in [1.165, 1.54) is 0 Å². The minimum absolute atomic E-state index is 0.0618. The number of likely N-dealkylation sites (tertiary alicyclic amines) is 1. The van der Waals surface area contributed by atoms with Gasteiger partial charge in [-0.05, 0) is 30.5 Å². The molecule has 1 aromatic carbocycles. The molecule has 2 fully saturated rings. The lowest BCUT2D eigenvalue weighted by Gasteiger charge is -2.33. The first-order valence-electron chi connectivity index (χ1n) is 10.7. The van der Waals surface area contributed by atoms with Gasteiger partial charge >= 0.3 is 6.18 Å². The molecule has 11 heteroatoms. The average molecular weight is 462 g/mol. The Morgan fingerprint density at radius 1 is 1.12 bits per heavy atom. The molecule has 3 heterocycles. The van der Waals surface area contributed by atoms with Crippen LogP contribution >= 0.6 is 0 Å². The molecule has 176 valence electrons. The predicted octanol–water partition coefficient (Wildman–Crippen LogP) is 2.49. The van der Waals surface area contributed by atoms with Crippen LogP contribution in [-0.4, -0.2) is 58.9 Å². The lowest BCUT2D eigenvalue weighted by Crippen LogP contribution is -2.39. The highest BCUT2D eigenvalue weighted by Gasteiger charge is 2.41. The van der Waals surface area contributed by atoms with Gasteiger partial charge in [-0.3, -0.25) is 14.5 Å². The van der Waals surface area contributed by atoms with Crippen LogP contribution in [0, 0.1) is 11.8 Å². The molecule has 1 atom stereocenters. The predicted molar refractivity (Wildman–Crippen MR) is 116 cm³/mol. The molecular weight excluding hydrogens is 437 g/mol. The molecule has 0 bridgehead atoms. The lowest BCUT2D eigenvalue weighted by molar-refractivity contribution is -0.179. The van der Waals surface area contributed by atoms with Crippen molar-refractivity contribution in [3.05, 3.63) is 42.2 Å². The third-order valence-electron chi connectivity index (χ3n) is 6.10. The molecule has 1 amide bonds. The number of aromatic nitrogens is 2. The van der Waals surface area contributed by atoms with Crippen LogP contribution in [0.15, 0.2) is 36.7 Å². The minimum atomic E-state index is -4.14. The number of piperidine rings is 1. The third-order valence-corrected chi connectivity index (χ3v) is 6.10. The second-order valence-electron chi connectivity index (χ2n) is 8.48. The number of hydrogen-bond donors (Lipinski definition) is 2. The summed E-state index contributed by atoms with van der Waals surface area (Å²) < 4.78 is 38.5. The van der Waals surface area contributed by atoms with E-state index in [2.05, 4.69) is 15.3 Å². The molecule has 0 radical (unpaired) electrons. The van der Waals surface area contributed by atoms with Gasteiger partial charge in [0.25, 0.3) is 0 Å². The van der Waals surface area contributed by atoms with Crippen molar-refractivity contribution in [1.29, 1.82) is 0 Å². The van der Waals surface area contributed by atoms with Crippen molar-refractivity contribution in [2.45, 2.75) is 25.6 Å². The van der Waals surface area contributed by atoms with Crippen LogP contribution in [0.5, 0.6) is 0 Å². The number of Topliss-reactive ketones (excluding diaryl/α,β-unsaturated/α-hetero) is 1. The van der Waals surface area contributed by atoms with E-state index in [1.807, 2.05) is 34.1 Å². The fourth-order valence-corrected chi connectivity index (χ4v) is 4.21. The number of rotatable bonds is 6. The number of benzene rings is 1. The quantitative estimate of drug-likeness (QED) is 0.636. The molecule has 2 aliphatic heterocycles. The molecule has 0 aliphatic carbocycles. The highest BCUT2D eigenvalue weighted by molar-refractivity contribution is 6.03. The summed E-state index contributed by atoms with van der Waals surface area (Å²) in [4.78, 5) is 35.5. The monoisotopic (exact) mass is 462 g/mol. The van der Waals surface area contributed by atoms with Gasteiger partial charge in [0.15, 0.2) is 5.78 Å². The minimum Gasteiger partial charge on any atom is -0.369 e. The van der Waals surface area contributed by atoms with E-state index in [1.54, 1.807) is 12.4 Å². The first-order chi connectivity index (χ1) is 15.7. The molecule has 3 N–H and O–H groups in total. The van der Waals surface area contributed by atoms with Crippen LogP contribution in [0.1, 0.15) is 18.4 Å². The van der Waals surface area contributed by atoms with Gasteiger partial charge < -0.3 is 16.0 Å². The van der Waals surface area contributed by atoms with Gasteiger partial charge in [0.1, 0.15) is 17.6 Å². The number of hydrogen-bond acceptors (Lipinski definition) is 7. The molecule has 2 aromatic rings. The number of alkyl halides is 3. The second-order valence-corrected chi connectivity index (χ2v) is 8.48. The molecule has 33 heavy (non-hydrogen) atoms. The molecule has 0 saturated carbocycles. The number of amides is 1. The Morgan fingerprint density at radius 3 is 2.36 bits per heavy atom. The fourth-order valence-electron chi connectivity index (χ4n) is 4.21. The van der Waals surface area contributed by atoms with E-state index in [0.717, 1.165) is 11.3 Å². The highest BCUT2D eigenvalue weighted by Crippen LogP contribution is 2.35. The maximum atomic E-state index is 12.8. The Labute approximate surface area is 189 Å². The van der Waals surface area contributed by atoms with Gasteiger partial charge in [0.2, 0.25) is 5.91 Å². The highest BCUT2D eigenvalue weighted by atomic mass is 19.4. The Kier molecular flexibility index (Phi) is 6.50. The van der Waals surface area contributed by atoms with Gasteiger partial charge in [-0.1, -0.05) is 12.1 Å². The van der Waals surface area contributed by atoms with Crippen LogP contribution in [0.2, 0.25) is 0 Å². The summed E-state index contributed by atoms with van der Waals surface area (Å²) in [5.41, 5.74) is 7.04. The second kappa shape index (κ2) is 9.34. The molecule has 0 spiro atoms. The Hall–Kier alpha value is -3.21. The van der Waals surface area contributed by atoms with Crippen LogP contribution in [-0.2, 0) is 16.1 Å². The maximum absolute atomic E-state index is 12.8. The number of anilines is 3. The van der Waals surface area contributed by atoms with Crippen molar-refractivity contribution in [1.82, 2.24) is 14.9 Å². The number of primary amides is 1. The van der Waals surface area contributed by atoms with Crippen molar-refractivity contribution in [3.63, 3.8) is 0 Å². The number of ketones is 1. The normalized spacial score (nSPS) is 20.3. The lowest BCUT2D eigenvalue weighted by atomic mass is 9.96. The van der Waals surface area contributed by atoms with E-state index in [0.29, 0.717) is 37.8 Å². The zero-order valence-corrected chi connectivity index (χ0v) is 17.9. The van der Waals surface area contributed by atoms with E-state index >= 15 is 0 Å². The summed E-state index contributed by atoms with van der Waals surface area (Å²) in [6.07, 6.45) is -0.902. The fraction of sp³-hybridized carbons (Fsp3) is 0.455.